The van der Waals surface area contributed by atoms with Crippen LogP contribution in [0.5, 0.6) is 0 Å². The zero-order valence-electron chi connectivity index (χ0n) is 16.5. The number of aliphatic hydroxyl groups excluding tert-OH is 1. The number of hydrogen-bond acceptors (Lipinski definition) is 7. The molecule has 3 N–H and O–H groups in total. The molecule has 31 heavy (non-hydrogen) atoms. The van der Waals surface area contributed by atoms with E-state index in [2.05, 4.69) is 10.0 Å². The van der Waals surface area contributed by atoms with Gasteiger partial charge in [-0.2, -0.15) is 5.26 Å². The molecule has 10 nitrogen and oxygen atoms in total. The van der Waals surface area contributed by atoms with E-state index in [4.69, 9.17) is 10.00 Å². The van der Waals surface area contributed by atoms with Gasteiger partial charge in [-0.05, 0) is 48.5 Å². The SMILES string of the molecule is CS(=O)(=O)Nc1ccc(N2CCO[C@H]([C@@H](O)C(=O)Nc3ccc(C#N)cc3)C2=O)cc1. The van der Waals surface area contributed by atoms with Crippen molar-refractivity contribution < 1.29 is 27.9 Å². The Morgan fingerprint density at radius 2 is 1.81 bits per heavy atom. The molecule has 2 aromatic carbocycles. The van der Waals surface area contributed by atoms with Crippen molar-refractivity contribution in [2.75, 3.05) is 34.3 Å². The summed E-state index contributed by atoms with van der Waals surface area (Å²) in [6.07, 6.45) is -2.13. The van der Waals surface area contributed by atoms with Crippen LogP contribution < -0.4 is 14.9 Å². The predicted molar refractivity (Wildman–Crippen MR) is 113 cm³/mol. The number of morpholine rings is 1. The van der Waals surface area contributed by atoms with Gasteiger partial charge >= 0.3 is 0 Å². The number of amides is 2. The normalized spacial score (nSPS) is 17.5. The Morgan fingerprint density at radius 3 is 2.39 bits per heavy atom. The summed E-state index contributed by atoms with van der Waals surface area (Å²) in [7, 11) is -3.43. The molecule has 0 radical (unpaired) electrons. The first-order valence-corrected chi connectivity index (χ1v) is 11.1. The number of nitrogens with one attached hydrogen (secondary N) is 2. The Hall–Kier alpha value is -3.46. The molecule has 2 amide bonds. The zero-order valence-corrected chi connectivity index (χ0v) is 17.3. The van der Waals surface area contributed by atoms with Crippen LogP contribution >= 0.6 is 0 Å². The van der Waals surface area contributed by atoms with Gasteiger partial charge in [0.25, 0.3) is 11.8 Å². The van der Waals surface area contributed by atoms with E-state index >= 15 is 0 Å². The Bertz CT molecular complexity index is 1110. The summed E-state index contributed by atoms with van der Waals surface area (Å²) in [6.45, 7) is 0.305. The molecule has 2 aromatic rings. The summed E-state index contributed by atoms with van der Waals surface area (Å²) in [5.41, 5.74) is 1.58. The van der Waals surface area contributed by atoms with Gasteiger partial charge in [-0.25, -0.2) is 8.42 Å². The molecule has 1 heterocycles. The Morgan fingerprint density at radius 1 is 1.19 bits per heavy atom. The molecule has 3 rings (SSSR count). The van der Waals surface area contributed by atoms with Crippen LogP contribution in [0.3, 0.4) is 0 Å². The zero-order chi connectivity index (χ0) is 22.6. The van der Waals surface area contributed by atoms with Crippen molar-refractivity contribution in [3.05, 3.63) is 54.1 Å². The monoisotopic (exact) mass is 444 g/mol. The van der Waals surface area contributed by atoms with Crippen molar-refractivity contribution in [3.8, 4) is 6.07 Å². The predicted octanol–water partition coefficient (Wildman–Crippen LogP) is 0.661. The fourth-order valence-corrected chi connectivity index (χ4v) is 3.56. The summed E-state index contributed by atoms with van der Waals surface area (Å²) in [6, 6.07) is 14.1. The van der Waals surface area contributed by atoms with E-state index in [1.54, 1.807) is 12.1 Å². The van der Waals surface area contributed by atoms with Gasteiger partial charge in [-0.1, -0.05) is 0 Å². The summed E-state index contributed by atoms with van der Waals surface area (Å²) in [4.78, 5) is 26.6. The number of nitriles is 1. The Labute approximate surface area is 179 Å². The second kappa shape index (κ2) is 9.13. The van der Waals surface area contributed by atoms with Crippen molar-refractivity contribution in [1.82, 2.24) is 0 Å². The highest BCUT2D eigenvalue weighted by atomic mass is 32.2. The third-order valence-corrected chi connectivity index (χ3v) is 5.05. The standard InChI is InChI=1S/C20H20N4O6S/c1-31(28,29)23-15-6-8-16(9-7-15)24-10-11-30-18(20(24)27)17(25)19(26)22-14-4-2-13(12-21)3-5-14/h2-9,17-18,23,25H,10-11H2,1H3,(H,22,26)/t17-,18-/m1/s1. The number of rotatable bonds is 6. The minimum Gasteiger partial charge on any atom is -0.380 e. The molecule has 0 bridgehead atoms. The molecule has 162 valence electrons. The molecule has 0 aliphatic carbocycles. The molecule has 1 fully saturated rings. The lowest BCUT2D eigenvalue weighted by Crippen LogP contribution is -2.55. The van der Waals surface area contributed by atoms with Gasteiger partial charge in [0, 0.05) is 23.6 Å². The topological polar surface area (TPSA) is 149 Å². The van der Waals surface area contributed by atoms with E-state index in [0.29, 0.717) is 22.6 Å². The van der Waals surface area contributed by atoms with E-state index in [9.17, 15) is 23.1 Å². The van der Waals surface area contributed by atoms with Crippen LogP contribution in [0.1, 0.15) is 5.56 Å². The Kier molecular flexibility index (Phi) is 6.55. The maximum Gasteiger partial charge on any atom is 0.259 e. The number of ether oxygens (including phenoxy) is 1. The molecule has 1 saturated heterocycles. The van der Waals surface area contributed by atoms with E-state index in [-0.39, 0.29) is 13.2 Å². The second-order valence-electron chi connectivity index (χ2n) is 6.83. The summed E-state index contributed by atoms with van der Waals surface area (Å²) in [5.74, 6) is -1.42. The fraction of sp³-hybridized carbons (Fsp3) is 0.250. The number of aliphatic hydroxyl groups is 1. The first kappa shape index (κ1) is 22.2. The highest BCUT2D eigenvalue weighted by Gasteiger charge is 2.39. The number of hydrogen-bond donors (Lipinski definition) is 3. The lowest BCUT2D eigenvalue weighted by atomic mass is 10.1. The number of carbonyl (C=O) groups is 2. The van der Waals surface area contributed by atoms with Gasteiger partial charge in [-0.3, -0.25) is 14.3 Å². The number of nitrogens with zero attached hydrogens (tertiary/aromatic N) is 2. The molecule has 11 heteroatoms. The number of benzene rings is 2. The van der Waals surface area contributed by atoms with E-state index < -0.39 is 34.0 Å². The van der Waals surface area contributed by atoms with Gasteiger partial charge in [0.05, 0.1) is 24.5 Å². The lowest BCUT2D eigenvalue weighted by molar-refractivity contribution is -0.150. The molecule has 0 unspecified atom stereocenters. The van der Waals surface area contributed by atoms with Gasteiger partial charge in [-0.15, -0.1) is 0 Å². The third kappa shape index (κ3) is 5.58. The van der Waals surface area contributed by atoms with Crippen LogP contribution in [0.4, 0.5) is 17.1 Å². The average Bonchev–Trinajstić information content (AvgIpc) is 2.73. The molecule has 1 aliphatic rings. The van der Waals surface area contributed by atoms with Crippen LogP contribution in [0, 0.1) is 11.3 Å². The average molecular weight is 444 g/mol. The maximum atomic E-state index is 12.8. The van der Waals surface area contributed by atoms with E-state index in [1.807, 2.05) is 6.07 Å². The third-order valence-electron chi connectivity index (χ3n) is 4.44. The summed E-state index contributed by atoms with van der Waals surface area (Å²) >= 11 is 0. The van der Waals surface area contributed by atoms with Crippen LogP contribution in [0.15, 0.2) is 48.5 Å². The van der Waals surface area contributed by atoms with Crippen LogP contribution in [0.2, 0.25) is 0 Å². The number of sulfonamides is 1. The lowest BCUT2D eigenvalue weighted by Gasteiger charge is -2.34. The molecule has 0 aromatic heterocycles. The highest BCUT2D eigenvalue weighted by Crippen LogP contribution is 2.23. The molecule has 0 spiro atoms. The maximum absolute atomic E-state index is 12.8. The highest BCUT2D eigenvalue weighted by molar-refractivity contribution is 7.92. The molecule has 1 aliphatic heterocycles. The largest absolute Gasteiger partial charge is 0.380 e. The minimum atomic E-state index is -3.43. The minimum absolute atomic E-state index is 0.0982. The van der Waals surface area contributed by atoms with Crippen molar-refractivity contribution in [3.63, 3.8) is 0 Å². The smallest absolute Gasteiger partial charge is 0.259 e. The molecular formula is C20H20N4O6S. The van der Waals surface area contributed by atoms with E-state index in [0.717, 1.165) is 6.26 Å². The van der Waals surface area contributed by atoms with E-state index in [1.165, 1.54) is 41.3 Å². The Balaban J connectivity index is 1.69. The quantitative estimate of drug-likeness (QED) is 0.592. The van der Waals surface area contributed by atoms with Crippen molar-refractivity contribution in [1.29, 1.82) is 5.26 Å². The second-order valence-corrected chi connectivity index (χ2v) is 8.57. The number of carbonyl (C=O) groups excluding carboxylic acids is 2. The van der Waals surface area contributed by atoms with Crippen LogP contribution in [-0.2, 0) is 24.3 Å². The van der Waals surface area contributed by atoms with Crippen molar-refractivity contribution in [2.45, 2.75) is 12.2 Å². The van der Waals surface area contributed by atoms with Crippen LogP contribution in [0.25, 0.3) is 0 Å². The van der Waals surface area contributed by atoms with Gasteiger partial charge in [0.1, 0.15) is 0 Å². The fourth-order valence-electron chi connectivity index (χ4n) is 2.99. The molecule has 2 atom stereocenters. The van der Waals surface area contributed by atoms with Gasteiger partial charge in [0.15, 0.2) is 12.2 Å². The van der Waals surface area contributed by atoms with Gasteiger partial charge in [0.2, 0.25) is 10.0 Å². The summed E-state index contributed by atoms with van der Waals surface area (Å²) in [5, 5.41) is 21.7. The molecular weight excluding hydrogens is 424 g/mol. The first-order valence-electron chi connectivity index (χ1n) is 9.18. The molecule has 0 saturated carbocycles. The van der Waals surface area contributed by atoms with Gasteiger partial charge < -0.3 is 20.1 Å². The first-order chi connectivity index (χ1) is 14.7. The van der Waals surface area contributed by atoms with Crippen LogP contribution in [-0.4, -0.2) is 57.0 Å². The van der Waals surface area contributed by atoms with Crippen molar-refractivity contribution >= 4 is 38.9 Å². The number of anilines is 3. The summed E-state index contributed by atoms with van der Waals surface area (Å²) < 4.78 is 30.3. The van der Waals surface area contributed by atoms with Crippen molar-refractivity contribution in [2.24, 2.45) is 0 Å².